The van der Waals surface area contributed by atoms with Crippen molar-refractivity contribution >= 4 is 17.4 Å². The highest BCUT2D eigenvalue weighted by molar-refractivity contribution is 6.46. The van der Waals surface area contributed by atoms with Crippen LogP contribution >= 0.6 is 0 Å². The van der Waals surface area contributed by atoms with E-state index in [0.29, 0.717) is 5.56 Å². The second-order valence-corrected chi connectivity index (χ2v) is 7.61. The molecular formula is C25H19F3N2O4. The average Bonchev–Trinajstić information content (AvgIpc) is 3.08. The van der Waals surface area contributed by atoms with E-state index in [2.05, 4.69) is 4.98 Å². The van der Waals surface area contributed by atoms with Gasteiger partial charge in [0.05, 0.1) is 29.9 Å². The summed E-state index contributed by atoms with van der Waals surface area (Å²) < 4.78 is 44.9. The quantitative estimate of drug-likeness (QED) is 0.333. The number of Topliss-reactive ketones (excluding diaryl/α,β-unsaturated/α-hetero) is 1. The van der Waals surface area contributed by atoms with Crippen LogP contribution in [0.5, 0.6) is 5.75 Å². The molecule has 1 aromatic heterocycles. The lowest BCUT2D eigenvalue weighted by Crippen LogP contribution is -2.29. The van der Waals surface area contributed by atoms with E-state index in [4.69, 9.17) is 4.74 Å². The van der Waals surface area contributed by atoms with Crippen LogP contribution in [0.1, 0.15) is 28.3 Å². The fourth-order valence-electron chi connectivity index (χ4n) is 3.96. The van der Waals surface area contributed by atoms with Gasteiger partial charge in [-0.25, -0.2) is 0 Å². The van der Waals surface area contributed by atoms with Gasteiger partial charge in [-0.1, -0.05) is 30.3 Å². The Bertz CT molecular complexity index is 1270. The van der Waals surface area contributed by atoms with Gasteiger partial charge in [-0.15, -0.1) is 0 Å². The molecule has 4 rings (SSSR count). The summed E-state index contributed by atoms with van der Waals surface area (Å²) in [6, 6.07) is 13.1. The van der Waals surface area contributed by atoms with Crippen molar-refractivity contribution in [2.45, 2.75) is 18.8 Å². The summed E-state index contributed by atoms with van der Waals surface area (Å²) in [6.07, 6.45) is -1.62. The van der Waals surface area contributed by atoms with E-state index in [9.17, 15) is 27.9 Å². The van der Waals surface area contributed by atoms with Crippen LogP contribution in [-0.2, 0) is 22.3 Å². The largest absolute Gasteiger partial charge is 0.507 e. The van der Waals surface area contributed by atoms with Crippen LogP contribution in [0, 0.1) is 0 Å². The fraction of sp³-hybridized carbons (Fsp3) is 0.160. The molecule has 0 radical (unpaired) electrons. The summed E-state index contributed by atoms with van der Waals surface area (Å²) in [5.74, 6) is -2.06. The summed E-state index contributed by atoms with van der Waals surface area (Å²) in [7, 11) is 1.40. The lowest BCUT2D eigenvalue weighted by atomic mass is 9.96. The molecule has 1 unspecified atom stereocenters. The number of ether oxygens (including phenoxy) is 1. The Morgan fingerprint density at radius 2 is 1.85 bits per heavy atom. The van der Waals surface area contributed by atoms with Gasteiger partial charge in [0.15, 0.2) is 0 Å². The Morgan fingerprint density at radius 3 is 2.53 bits per heavy atom. The number of para-hydroxylation sites is 1. The van der Waals surface area contributed by atoms with Crippen molar-refractivity contribution in [3.8, 4) is 5.75 Å². The first kappa shape index (κ1) is 23.0. The number of carbonyl (C=O) groups is 2. The van der Waals surface area contributed by atoms with Crippen LogP contribution in [-0.4, -0.2) is 33.8 Å². The standard InChI is InChI=1S/C25H19F3N2O4/c1-34-19-10-3-2-9-18(19)22(31)20-21(16-7-5-11-29-13-16)30(24(33)23(20)32)14-15-6-4-8-17(12-15)25(26,27)28/h2-13,21,31H,14H2,1H3/b22-20+. The van der Waals surface area contributed by atoms with Gasteiger partial charge in [-0.2, -0.15) is 13.2 Å². The van der Waals surface area contributed by atoms with Gasteiger partial charge in [-0.3, -0.25) is 14.6 Å². The molecule has 1 aliphatic heterocycles. The SMILES string of the molecule is COc1ccccc1/C(O)=C1\C(=O)C(=O)N(Cc2cccc(C(F)(F)F)c2)C1c1cccnc1. The molecule has 9 heteroatoms. The number of carbonyl (C=O) groups excluding carboxylic acids is 2. The number of likely N-dealkylation sites (tertiary alicyclic amines) is 1. The highest BCUT2D eigenvalue weighted by Gasteiger charge is 2.46. The maximum atomic E-state index is 13.2. The van der Waals surface area contributed by atoms with Gasteiger partial charge >= 0.3 is 6.18 Å². The van der Waals surface area contributed by atoms with Crippen molar-refractivity contribution in [3.05, 3.63) is 101 Å². The van der Waals surface area contributed by atoms with E-state index in [0.717, 1.165) is 17.0 Å². The first-order valence-electron chi connectivity index (χ1n) is 10.2. The number of aliphatic hydroxyl groups is 1. The first-order chi connectivity index (χ1) is 16.2. The summed E-state index contributed by atoms with van der Waals surface area (Å²) in [4.78, 5) is 31.3. The van der Waals surface area contributed by atoms with Gasteiger partial charge in [0.25, 0.3) is 11.7 Å². The minimum atomic E-state index is -4.56. The highest BCUT2D eigenvalue weighted by atomic mass is 19.4. The van der Waals surface area contributed by atoms with Gasteiger partial charge in [-0.05, 0) is 41.5 Å². The van der Waals surface area contributed by atoms with Crippen LogP contribution in [0.4, 0.5) is 13.2 Å². The number of methoxy groups -OCH3 is 1. The zero-order valence-corrected chi connectivity index (χ0v) is 17.9. The van der Waals surface area contributed by atoms with Crippen molar-refractivity contribution in [1.82, 2.24) is 9.88 Å². The van der Waals surface area contributed by atoms with Gasteiger partial charge in [0.2, 0.25) is 0 Å². The fourth-order valence-corrected chi connectivity index (χ4v) is 3.96. The molecule has 1 aliphatic rings. The molecule has 0 aliphatic carbocycles. The number of aliphatic hydroxyl groups excluding tert-OH is 1. The predicted molar refractivity (Wildman–Crippen MR) is 117 cm³/mol. The smallest absolute Gasteiger partial charge is 0.416 e. The van der Waals surface area contributed by atoms with E-state index in [1.54, 1.807) is 30.3 Å². The second kappa shape index (κ2) is 9.01. The predicted octanol–water partition coefficient (Wildman–Crippen LogP) is 4.73. The minimum absolute atomic E-state index is 0.183. The van der Waals surface area contributed by atoms with Gasteiger partial charge in [0.1, 0.15) is 11.5 Å². The number of hydrogen-bond acceptors (Lipinski definition) is 5. The van der Waals surface area contributed by atoms with E-state index < -0.39 is 35.2 Å². The molecule has 34 heavy (non-hydrogen) atoms. The number of ketones is 1. The molecule has 6 nitrogen and oxygen atoms in total. The zero-order valence-electron chi connectivity index (χ0n) is 17.9. The molecule has 174 valence electrons. The lowest BCUT2D eigenvalue weighted by Gasteiger charge is -2.25. The number of benzene rings is 2. The van der Waals surface area contributed by atoms with E-state index in [1.807, 2.05) is 0 Å². The third-order valence-electron chi connectivity index (χ3n) is 5.51. The van der Waals surface area contributed by atoms with Gasteiger partial charge < -0.3 is 14.7 Å². The molecule has 1 atom stereocenters. The first-order valence-corrected chi connectivity index (χ1v) is 10.2. The Labute approximate surface area is 192 Å². The molecular weight excluding hydrogens is 449 g/mol. The zero-order chi connectivity index (χ0) is 24.5. The van der Waals surface area contributed by atoms with Crippen LogP contribution in [0.2, 0.25) is 0 Å². The van der Waals surface area contributed by atoms with Crippen LogP contribution in [0.25, 0.3) is 5.76 Å². The number of alkyl halides is 3. The molecule has 1 N–H and O–H groups in total. The normalized spacial score (nSPS) is 17.8. The molecule has 0 bridgehead atoms. The van der Waals surface area contributed by atoms with Crippen molar-refractivity contribution in [2.24, 2.45) is 0 Å². The second-order valence-electron chi connectivity index (χ2n) is 7.61. The number of halogens is 3. The Hall–Kier alpha value is -4.14. The van der Waals surface area contributed by atoms with Crippen molar-refractivity contribution < 1.29 is 32.6 Å². The van der Waals surface area contributed by atoms with Crippen LogP contribution in [0.3, 0.4) is 0 Å². The Balaban J connectivity index is 1.85. The Kier molecular flexibility index (Phi) is 6.10. The molecule has 1 fully saturated rings. The number of hydrogen-bond donors (Lipinski definition) is 1. The molecule has 3 aromatic rings. The number of nitrogens with zero attached hydrogens (tertiary/aromatic N) is 2. The number of rotatable bonds is 5. The molecule has 1 saturated heterocycles. The molecule has 1 amide bonds. The Morgan fingerprint density at radius 1 is 1.09 bits per heavy atom. The summed E-state index contributed by atoms with van der Waals surface area (Å²) in [6.45, 7) is -0.281. The monoisotopic (exact) mass is 468 g/mol. The lowest BCUT2D eigenvalue weighted by molar-refractivity contribution is -0.140. The van der Waals surface area contributed by atoms with Gasteiger partial charge in [0, 0.05) is 18.9 Å². The number of pyridine rings is 1. The van der Waals surface area contributed by atoms with Crippen molar-refractivity contribution in [1.29, 1.82) is 0 Å². The topological polar surface area (TPSA) is 79.7 Å². The number of aromatic nitrogens is 1. The highest BCUT2D eigenvalue weighted by Crippen LogP contribution is 2.41. The number of amides is 1. The third kappa shape index (κ3) is 4.24. The molecule has 0 saturated carbocycles. The minimum Gasteiger partial charge on any atom is -0.507 e. The van der Waals surface area contributed by atoms with E-state index in [-0.39, 0.29) is 29.0 Å². The maximum Gasteiger partial charge on any atom is 0.416 e. The van der Waals surface area contributed by atoms with Crippen molar-refractivity contribution in [3.63, 3.8) is 0 Å². The maximum absolute atomic E-state index is 13.2. The molecule has 2 heterocycles. The third-order valence-corrected chi connectivity index (χ3v) is 5.51. The summed E-state index contributed by atoms with van der Waals surface area (Å²) in [5.41, 5.74) is -0.257. The average molecular weight is 468 g/mol. The van der Waals surface area contributed by atoms with Crippen LogP contribution in [0.15, 0.2) is 78.6 Å². The molecule has 0 spiro atoms. The van der Waals surface area contributed by atoms with E-state index >= 15 is 0 Å². The summed E-state index contributed by atoms with van der Waals surface area (Å²) >= 11 is 0. The summed E-state index contributed by atoms with van der Waals surface area (Å²) in [5, 5.41) is 11.1. The van der Waals surface area contributed by atoms with E-state index in [1.165, 1.54) is 37.7 Å². The van der Waals surface area contributed by atoms with Crippen molar-refractivity contribution in [2.75, 3.05) is 7.11 Å². The van der Waals surface area contributed by atoms with Crippen LogP contribution < -0.4 is 4.74 Å². The molecule has 2 aromatic carbocycles.